The third-order valence-corrected chi connectivity index (χ3v) is 5.77. The van der Waals surface area contributed by atoms with E-state index in [1.165, 1.54) is 30.6 Å². The summed E-state index contributed by atoms with van der Waals surface area (Å²) in [5.74, 6) is 4.10. The average molecular weight is 307 g/mol. The molecule has 1 aromatic rings. The van der Waals surface area contributed by atoms with Gasteiger partial charge >= 0.3 is 0 Å². The molecule has 0 saturated carbocycles. The number of rotatable bonds is 4. The zero-order chi connectivity index (χ0) is 14.7. The minimum Gasteiger partial charge on any atom is -0.493 e. The highest BCUT2D eigenvalue weighted by atomic mass is 32.2. The zero-order valence-electron chi connectivity index (χ0n) is 13.0. The lowest BCUT2D eigenvalue weighted by Gasteiger charge is -2.27. The molecule has 21 heavy (non-hydrogen) atoms. The molecule has 0 amide bonds. The molecule has 0 aliphatic carbocycles. The minimum absolute atomic E-state index is 0.0759. The first-order valence-corrected chi connectivity index (χ1v) is 9.05. The van der Waals surface area contributed by atoms with E-state index in [0.717, 1.165) is 30.2 Å². The van der Waals surface area contributed by atoms with Crippen LogP contribution in [0, 0.1) is 0 Å². The highest BCUT2D eigenvalue weighted by molar-refractivity contribution is 7.99. The molecule has 0 spiro atoms. The summed E-state index contributed by atoms with van der Waals surface area (Å²) in [4.78, 5) is 0. The molecule has 116 valence electrons. The molecule has 0 radical (unpaired) electrons. The predicted octanol–water partition coefficient (Wildman–Crippen LogP) is 3.57. The highest BCUT2D eigenvalue weighted by Crippen LogP contribution is 2.37. The molecular formula is C17H25NO2S. The first kappa shape index (κ1) is 15.0. The van der Waals surface area contributed by atoms with Crippen molar-refractivity contribution < 1.29 is 9.47 Å². The molecule has 0 aromatic heterocycles. The van der Waals surface area contributed by atoms with E-state index in [1.54, 1.807) is 7.11 Å². The maximum atomic E-state index is 6.16. The van der Waals surface area contributed by atoms with Gasteiger partial charge in [-0.2, -0.15) is 11.8 Å². The Bertz CT molecular complexity index is 480. The van der Waals surface area contributed by atoms with Crippen LogP contribution in [0.25, 0.3) is 0 Å². The van der Waals surface area contributed by atoms with E-state index in [9.17, 15) is 0 Å². The monoisotopic (exact) mass is 307 g/mol. The van der Waals surface area contributed by atoms with Crippen LogP contribution in [0.1, 0.15) is 38.2 Å². The third-order valence-electron chi connectivity index (χ3n) is 4.58. The number of hydrogen-bond acceptors (Lipinski definition) is 4. The van der Waals surface area contributed by atoms with Gasteiger partial charge in [0.05, 0.1) is 7.11 Å². The first-order valence-electron chi connectivity index (χ1n) is 7.89. The summed E-state index contributed by atoms with van der Waals surface area (Å²) in [7, 11) is 1.73. The van der Waals surface area contributed by atoms with Crippen LogP contribution in [-0.4, -0.2) is 31.3 Å². The van der Waals surface area contributed by atoms with E-state index in [2.05, 4.69) is 30.4 Å². The van der Waals surface area contributed by atoms with Crippen molar-refractivity contribution in [2.75, 3.05) is 25.2 Å². The smallest absolute Gasteiger partial charge is 0.161 e. The summed E-state index contributed by atoms with van der Waals surface area (Å²) in [5, 5.41) is 3.60. The van der Waals surface area contributed by atoms with Gasteiger partial charge in [0.15, 0.2) is 11.5 Å². The van der Waals surface area contributed by atoms with Crippen LogP contribution < -0.4 is 14.8 Å². The van der Waals surface area contributed by atoms with Gasteiger partial charge < -0.3 is 14.8 Å². The fourth-order valence-electron chi connectivity index (χ4n) is 3.23. The van der Waals surface area contributed by atoms with Crippen LogP contribution in [-0.2, 0) is 5.54 Å². The Kier molecular flexibility index (Phi) is 4.65. The molecule has 2 saturated heterocycles. The van der Waals surface area contributed by atoms with Crippen molar-refractivity contribution in [3.8, 4) is 11.5 Å². The summed E-state index contributed by atoms with van der Waals surface area (Å²) < 4.78 is 11.7. The van der Waals surface area contributed by atoms with E-state index in [0.29, 0.717) is 6.10 Å². The maximum Gasteiger partial charge on any atom is 0.161 e. The van der Waals surface area contributed by atoms with Gasteiger partial charge in [-0.25, -0.2) is 0 Å². The molecule has 2 heterocycles. The maximum absolute atomic E-state index is 6.16. The van der Waals surface area contributed by atoms with Gasteiger partial charge in [0, 0.05) is 11.3 Å². The third kappa shape index (κ3) is 3.32. The van der Waals surface area contributed by atoms with Gasteiger partial charge in [0.25, 0.3) is 0 Å². The number of benzene rings is 1. The SMILES string of the molecule is COc1cc(C2(C)CCCN2)ccc1OC1CCCSC1. The fourth-order valence-corrected chi connectivity index (χ4v) is 4.27. The van der Waals surface area contributed by atoms with Crippen LogP contribution in [0.15, 0.2) is 18.2 Å². The van der Waals surface area contributed by atoms with Crippen LogP contribution in [0.2, 0.25) is 0 Å². The lowest BCUT2D eigenvalue weighted by atomic mass is 9.90. The van der Waals surface area contributed by atoms with Gasteiger partial charge in [0.2, 0.25) is 0 Å². The lowest BCUT2D eigenvalue weighted by molar-refractivity contribution is 0.202. The van der Waals surface area contributed by atoms with Crippen LogP contribution >= 0.6 is 11.8 Å². The normalized spacial score (nSPS) is 29.3. The molecule has 3 rings (SSSR count). The van der Waals surface area contributed by atoms with Gasteiger partial charge in [-0.05, 0) is 62.6 Å². The molecule has 2 fully saturated rings. The van der Waals surface area contributed by atoms with Crippen LogP contribution in [0.5, 0.6) is 11.5 Å². The van der Waals surface area contributed by atoms with Crippen molar-refractivity contribution in [2.45, 2.75) is 44.2 Å². The predicted molar refractivity (Wildman–Crippen MR) is 88.6 cm³/mol. The molecule has 2 aliphatic rings. The molecule has 2 unspecified atom stereocenters. The molecule has 0 bridgehead atoms. The van der Waals surface area contributed by atoms with E-state index < -0.39 is 0 Å². The average Bonchev–Trinajstić information content (AvgIpc) is 2.96. The van der Waals surface area contributed by atoms with Gasteiger partial charge in [-0.3, -0.25) is 0 Å². The van der Waals surface area contributed by atoms with Gasteiger partial charge in [-0.15, -0.1) is 0 Å². The molecule has 2 atom stereocenters. The van der Waals surface area contributed by atoms with E-state index >= 15 is 0 Å². The van der Waals surface area contributed by atoms with Crippen molar-refractivity contribution in [2.24, 2.45) is 0 Å². The Hall–Kier alpha value is -0.870. The van der Waals surface area contributed by atoms with Crippen molar-refractivity contribution >= 4 is 11.8 Å². The Morgan fingerprint density at radius 2 is 2.19 bits per heavy atom. The topological polar surface area (TPSA) is 30.5 Å². The fraction of sp³-hybridized carbons (Fsp3) is 0.647. The largest absolute Gasteiger partial charge is 0.493 e. The Morgan fingerprint density at radius 1 is 1.29 bits per heavy atom. The van der Waals surface area contributed by atoms with Gasteiger partial charge in [-0.1, -0.05) is 6.07 Å². The lowest BCUT2D eigenvalue weighted by Crippen LogP contribution is -2.33. The summed E-state index contributed by atoms with van der Waals surface area (Å²) in [6.45, 7) is 3.36. The minimum atomic E-state index is 0.0759. The van der Waals surface area contributed by atoms with Gasteiger partial charge in [0.1, 0.15) is 6.10 Å². The summed E-state index contributed by atoms with van der Waals surface area (Å²) in [6, 6.07) is 6.41. The van der Waals surface area contributed by atoms with Crippen molar-refractivity contribution in [3.05, 3.63) is 23.8 Å². The van der Waals surface area contributed by atoms with E-state index in [-0.39, 0.29) is 5.54 Å². The number of nitrogens with one attached hydrogen (secondary N) is 1. The quantitative estimate of drug-likeness (QED) is 0.921. The molecule has 1 aromatic carbocycles. The Balaban J connectivity index is 1.78. The van der Waals surface area contributed by atoms with E-state index in [4.69, 9.17) is 9.47 Å². The number of methoxy groups -OCH3 is 1. The standard InChI is InChI=1S/C17H25NO2S/c1-17(8-4-9-18-17)13-6-7-15(16(11-13)19-2)20-14-5-3-10-21-12-14/h6-7,11,14,18H,3-5,8-10,12H2,1-2H3. The van der Waals surface area contributed by atoms with Crippen molar-refractivity contribution in [1.29, 1.82) is 0 Å². The molecule has 1 N–H and O–H groups in total. The molecular weight excluding hydrogens is 282 g/mol. The number of hydrogen-bond donors (Lipinski definition) is 1. The summed E-state index contributed by atoms with van der Waals surface area (Å²) >= 11 is 1.98. The molecule has 3 nitrogen and oxygen atoms in total. The second-order valence-electron chi connectivity index (χ2n) is 6.19. The highest BCUT2D eigenvalue weighted by Gasteiger charge is 2.30. The number of ether oxygens (including phenoxy) is 2. The van der Waals surface area contributed by atoms with Crippen molar-refractivity contribution in [3.63, 3.8) is 0 Å². The zero-order valence-corrected chi connectivity index (χ0v) is 13.8. The first-order chi connectivity index (χ1) is 10.2. The Labute approximate surface area is 131 Å². The van der Waals surface area contributed by atoms with Crippen molar-refractivity contribution in [1.82, 2.24) is 5.32 Å². The summed E-state index contributed by atoms with van der Waals surface area (Å²) in [6.07, 6.45) is 5.13. The molecule has 4 heteroatoms. The summed E-state index contributed by atoms with van der Waals surface area (Å²) in [5.41, 5.74) is 1.37. The van der Waals surface area contributed by atoms with Crippen LogP contribution in [0.3, 0.4) is 0 Å². The second-order valence-corrected chi connectivity index (χ2v) is 7.33. The number of thioether (sulfide) groups is 1. The second kappa shape index (κ2) is 6.49. The Morgan fingerprint density at radius 3 is 2.86 bits per heavy atom. The van der Waals surface area contributed by atoms with Crippen LogP contribution in [0.4, 0.5) is 0 Å². The van der Waals surface area contributed by atoms with E-state index in [1.807, 2.05) is 11.8 Å². The molecule has 2 aliphatic heterocycles.